The van der Waals surface area contributed by atoms with Crippen molar-refractivity contribution in [3.63, 3.8) is 0 Å². The van der Waals surface area contributed by atoms with Crippen LogP contribution in [0.3, 0.4) is 0 Å². The standard InChI is InChI=1S/C17H24BFO2/c1-6-10-14(13-11-8-7-9-12-13)15(19)18-20-16(2,3)17(4,5)21-18/h7-9,11-12H,6,10H2,1-5H3. The number of hydrogen-bond donors (Lipinski definition) is 0. The van der Waals surface area contributed by atoms with Gasteiger partial charge in [-0.1, -0.05) is 43.7 Å². The molecule has 0 aliphatic carbocycles. The molecule has 1 aliphatic rings. The van der Waals surface area contributed by atoms with Gasteiger partial charge in [0.2, 0.25) is 0 Å². The number of halogens is 1. The fourth-order valence-corrected chi connectivity index (χ4v) is 2.38. The molecule has 0 bridgehead atoms. The molecule has 4 heteroatoms. The highest BCUT2D eigenvalue weighted by atomic mass is 19.1. The van der Waals surface area contributed by atoms with Crippen LogP contribution in [0, 0.1) is 0 Å². The largest absolute Gasteiger partial charge is 0.525 e. The van der Waals surface area contributed by atoms with E-state index in [1.54, 1.807) is 0 Å². The Balaban J connectivity index is 2.36. The molecule has 114 valence electrons. The van der Waals surface area contributed by atoms with Gasteiger partial charge in [0.15, 0.2) is 0 Å². The molecule has 1 aromatic carbocycles. The van der Waals surface area contributed by atoms with Crippen LogP contribution in [0.4, 0.5) is 4.39 Å². The maximum absolute atomic E-state index is 15.0. The highest BCUT2D eigenvalue weighted by Crippen LogP contribution is 2.40. The van der Waals surface area contributed by atoms with E-state index in [1.165, 1.54) is 0 Å². The minimum atomic E-state index is -0.920. The number of rotatable bonds is 4. The predicted molar refractivity (Wildman–Crippen MR) is 85.5 cm³/mol. The Morgan fingerprint density at radius 2 is 1.57 bits per heavy atom. The highest BCUT2D eigenvalue weighted by molar-refractivity contribution is 6.55. The highest BCUT2D eigenvalue weighted by Gasteiger charge is 2.53. The molecular formula is C17H24BFO2. The summed E-state index contributed by atoms with van der Waals surface area (Å²) in [5.74, 6) is 0. The van der Waals surface area contributed by atoms with E-state index in [-0.39, 0.29) is 5.73 Å². The Kier molecular flexibility index (Phi) is 4.59. The maximum Gasteiger partial charge on any atom is 0.525 e. The average molecular weight is 290 g/mol. The van der Waals surface area contributed by atoms with Gasteiger partial charge in [-0.25, -0.2) is 4.39 Å². The molecule has 1 saturated heterocycles. The van der Waals surface area contributed by atoms with Crippen LogP contribution in [0.2, 0.25) is 0 Å². The smallest absolute Gasteiger partial charge is 0.398 e. The second kappa shape index (κ2) is 5.94. The molecule has 0 N–H and O–H groups in total. The third-order valence-electron chi connectivity index (χ3n) is 4.37. The summed E-state index contributed by atoms with van der Waals surface area (Å²) >= 11 is 0. The zero-order valence-corrected chi connectivity index (χ0v) is 13.6. The number of benzene rings is 1. The lowest BCUT2D eigenvalue weighted by Crippen LogP contribution is -2.41. The summed E-state index contributed by atoms with van der Waals surface area (Å²) in [7, 11) is -0.920. The van der Waals surface area contributed by atoms with Gasteiger partial charge in [0.05, 0.1) is 11.2 Å². The second-order valence-electron chi connectivity index (χ2n) is 6.53. The molecule has 1 aliphatic heterocycles. The average Bonchev–Trinajstić information content (AvgIpc) is 2.65. The van der Waals surface area contributed by atoms with Crippen molar-refractivity contribution >= 4 is 12.7 Å². The quantitative estimate of drug-likeness (QED) is 0.742. The zero-order chi connectivity index (χ0) is 15.7. The summed E-state index contributed by atoms with van der Waals surface area (Å²) in [5, 5.41) is 0. The molecule has 0 saturated carbocycles. The van der Waals surface area contributed by atoms with Crippen molar-refractivity contribution in [1.29, 1.82) is 0 Å². The fourth-order valence-electron chi connectivity index (χ4n) is 2.38. The summed E-state index contributed by atoms with van der Waals surface area (Å²) in [6.07, 6.45) is 1.54. The fraction of sp³-hybridized carbons (Fsp3) is 0.529. The Labute approximate surface area is 127 Å². The molecule has 1 fully saturated rings. The van der Waals surface area contributed by atoms with Crippen molar-refractivity contribution in [2.24, 2.45) is 0 Å². The van der Waals surface area contributed by atoms with Gasteiger partial charge in [-0.3, -0.25) is 0 Å². The molecule has 0 amide bonds. The Bertz CT molecular complexity index is 507. The van der Waals surface area contributed by atoms with Crippen molar-refractivity contribution in [3.8, 4) is 0 Å². The topological polar surface area (TPSA) is 18.5 Å². The molecule has 21 heavy (non-hydrogen) atoms. The molecule has 0 spiro atoms. The van der Waals surface area contributed by atoms with Gasteiger partial charge < -0.3 is 9.31 Å². The van der Waals surface area contributed by atoms with Crippen LogP contribution in [0.1, 0.15) is 53.0 Å². The molecule has 1 heterocycles. The van der Waals surface area contributed by atoms with E-state index in [1.807, 2.05) is 65.0 Å². The monoisotopic (exact) mass is 290 g/mol. The van der Waals surface area contributed by atoms with Crippen LogP contribution in [0.25, 0.3) is 5.57 Å². The summed E-state index contributed by atoms with van der Waals surface area (Å²) in [6, 6.07) is 9.62. The van der Waals surface area contributed by atoms with Crippen LogP contribution in [-0.4, -0.2) is 18.3 Å². The van der Waals surface area contributed by atoms with Gasteiger partial charge >= 0.3 is 7.12 Å². The Hall–Kier alpha value is -1.13. The molecule has 2 nitrogen and oxygen atoms in total. The lowest BCUT2D eigenvalue weighted by Gasteiger charge is -2.32. The van der Waals surface area contributed by atoms with Gasteiger partial charge in [0, 0.05) is 0 Å². The van der Waals surface area contributed by atoms with Gasteiger partial charge in [0.1, 0.15) is 5.73 Å². The summed E-state index contributed by atoms with van der Waals surface area (Å²) < 4.78 is 26.6. The lowest BCUT2D eigenvalue weighted by molar-refractivity contribution is 0.00578. The molecule has 2 rings (SSSR count). The van der Waals surface area contributed by atoms with Gasteiger partial charge in [-0.15, -0.1) is 0 Å². The summed E-state index contributed by atoms with van der Waals surface area (Å²) in [6.45, 7) is 9.77. The van der Waals surface area contributed by atoms with Crippen LogP contribution in [-0.2, 0) is 9.31 Å². The van der Waals surface area contributed by atoms with Crippen LogP contribution < -0.4 is 0 Å². The van der Waals surface area contributed by atoms with Gasteiger partial charge in [-0.05, 0) is 45.3 Å². The normalized spacial score (nSPS) is 21.3. The predicted octanol–water partition coefficient (Wildman–Crippen LogP) is 4.80. The van der Waals surface area contributed by atoms with Gasteiger partial charge in [-0.2, -0.15) is 0 Å². The van der Waals surface area contributed by atoms with E-state index < -0.39 is 18.3 Å². The zero-order valence-electron chi connectivity index (χ0n) is 13.6. The number of allylic oxidation sites excluding steroid dienone is 1. The van der Waals surface area contributed by atoms with Gasteiger partial charge in [0.25, 0.3) is 0 Å². The van der Waals surface area contributed by atoms with E-state index in [2.05, 4.69) is 0 Å². The minimum Gasteiger partial charge on any atom is -0.398 e. The first-order chi connectivity index (χ1) is 9.78. The molecule has 1 aromatic rings. The Morgan fingerprint density at radius 3 is 2.05 bits per heavy atom. The van der Waals surface area contributed by atoms with E-state index in [4.69, 9.17) is 9.31 Å². The van der Waals surface area contributed by atoms with Crippen LogP contribution in [0.15, 0.2) is 36.1 Å². The SMILES string of the molecule is CCCC(=C(F)B1OC(C)(C)C(C)(C)O1)c1ccccc1. The van der Waals surface area contributed by atoms with E-state index in [0.29, 0.717) is 12.0 Å². The first kappa shape index (κ1) is 16.2. The Morgan fingerprint density at radius 1 is 1.05 bits per heavy atom. The van der Waals surface area contributed by atoms with Crippen molar-refractivity contribution in [1.82, 2.24) is 0 Å². The van der Waals surface area contributed by atoms with Crippen molar-refractivity contribution in [3.05, 3.63) is 41.6 Å². The molecule has 0 atom stereocenters. The second-order valence-corrected chi connectivity index (χ2v) is 6.53. The first-order valence-electron chi connectivity index (χ1n) is 7.58. The summed E-state index contributed by atoms with van der Waals surface area (Å²) in [4.78, 5) is 0. The van der Waals surface area contributed by atoms with Crippen LogP contribution in [0.5, 0.6) is 0 Å². The van der Waals surface area contributed by atoms with Crippen molar-refractivity contribution in [2.45, 2.75) is 58.7 Å². The molecule has 0 aromatic heterocycles. The lowest BCUT2D eigenvalue weighted by atomic mass is 9.81. The maximum atomic E-state index is 15.0. The van der Waals surface area contributed by atoms with E-state index >= 15 is 0 Å². The number of hydrogen-bond acceptors (Lipinski definition) is 2. The van der Waals surface area contributed by atoms with Crippen molar-refractivity contribution in [2.75, 3.05) is 0 Å². The molecule has 0 unspecified atom stereocenters. The molecule has 0 radical (unpaired) electrons. The van der Waals surface area contributed by atoms with Crippen LogP contribution >= 0.6 is 0 Å². The third-order valence-corrected chi connectivity index (χ3v) is 4.37. The van der Waals surface area contributed by atoms with Crippen molar-refractivity contribution < 1.29 is 13.7 Å². The molecular weight excluding hydrogens is 266 g/mol. The summed E-state index contributed by atoms with van der Waals surface area (Å²) in [5.41, 5.74) is 0.219. The first-order valence-corrected chi connectivity index (χ1v) is 7.58. The third kappa shape index (κ3) is 3.22. The van der Waals surface area contributed by atoms with E-state index in [0.717, 1.165) is 12.0 Å². The minimum absolute atomic E-state index is 0.304. The van der Waals surface area contributed by atoms with E-state index in [9.17, 15) is 4.39 Å².